The Morgan fingerprint density at radius 2 is 2.24 bits per heavy atom. The van der Waals surface area contributed by atoms with Crippen LogP contribution in [0.25, 0.3) is 0 Å². The topological polar surface area (TPSA) is 59.1 Å². The summed E-state index contributed by atoms with van der Waals surface area (Å²) in [4.78, 5) is 4.13. The van der Waals surface area contributed by atoms with Gasteiger partial charge in [-0.15, -0.1) is 11.3 Å². The van der Waals surface area contributed by atoms with Crippen molar-refractivity contribution in [2.75, 3.05) is 12.3 Å². The molecular formula is C13H15FN2O2S3. The van der Waals surface area contributed by atoms with Gasteiger partial charge < -0.3 is 0 Å². The van der Waals surface area contributed by atoms with E-state index in [0.29, 0.717) is 18.5 Å². The van der Waals surface area contributed by atoms with Gasteiger partial charge in [0.05, 0.1) is 5.75 Å². The van der Waals surface area contributed by atoms with Crippen molar-refractivity contribution in [1.82, 2.24) is 9.71 Å². The number of sulfonamides is 1. The van der Waals surface area contributed by atoms with Gasteiger partial charge in [-0.2, -0.15) is 0 Å². The van der Waals surface area contributed by atoms with Gasteiger partial charge >= 0.3 is 0 Å². The lowest BCUT2D eigenvalue weighted by molar-refractivity contribution is 0.579. The van der Waals surface area contributed by atoms with Crippen LogP contribution in [0.3, 0.4) is 0 Å². The van der Waals surface area contributed by atoms with Crippen LogP contribution in [0.1, 0.15) is 12.0 Å². The van der Waals surface area contributed by atoms with Crippen LogP contribution in [0.2, 0.25) is 0 Å². The minimum Gasteiger partial charge on any atom is -0.238 e. The monoisotopic (exact) mass is 346 g/mol. The summed E-state index contributed by atoms with van der Waals surface area (Å²) in [6, 6.07) is 5.63. The molecule has 8 heteroatoms. The second kappa shape index (κ2) is 7.88. The predicted molar refractivity (Wildman–Crippen MR) is 84.5 cm³/mol. The van der Waals surface area contributed by atoms with Gasteiger partial charge in [-0.1, -0.05) is 23.9 Å². The number of aromatic nitrogens is 1. The predicted octanol–water partition coefficient (Wildman–Crippen LogP) is 2.88. The van der Waals surface area contributed by atoms with Gasteiger partial charge in [0.2, 0.25) is 10.0 Å². The van der Waals surface area contributed by atoms with E-state index >= 15 is 0 Å². The second-order valence-electron chi connectivity index (χ2n) is 4.28. The van der Waals surface area contributed by atoms with Crippen LogP contribution in [0.15, 0.2) is 40.2 Å². The first-order chi connectivity index (χ1) is 10.1. The molecule has 1 heterocycles. The lowest BCUT2D eigenvalue weighted by Crippen LogP contribution is -2.26. The van der Waals surface area contributed by atoms with E-state index in [0.717, 1.165) is 10.1 Å². The summed E-state index contributed by atoms with van der Waals surface area (Å²) < 4.78 is 40.2. The Kier molecular flexibility index (Phi) is 6.16. The average molecular weight is 346 g/mol. The first-order valence-corrected chi connectivity index (χ1v) is 9.81. The maximum Gasteiger partial charge on any atom is 0.215 e. The number of rotatable bonds is 8. The lowest BCUT2D eigenvalue weighted by atomic mass is 10.2. The van der Waals surface area contributed by atoms with E-state index < -0.39 is 15.8 Å². The fraction of sp³-hybridized carbons (Fsp3) is 0.308. The maximum atomic E-state index is 13.0. The van der Waals surface area contributed by atoms with Crippen molar-refractivity contribution in [3.8, 4) is 0 Å². The van der Waals surface area contributed by atoms with E-state index in [2.05, 4.69) is 9.71 Å². The Hall–Kier alpha value is -0.960. The van der Waals surface area contributed by atoms with E-state index in [9.17, 15) is 12.8 Å². The van der Waals surface area contributed by atoms with Crippen molar-refractivity contribution >= 4 is 33.1 Å². The molecule has 2 rings (SSSR count). The van der Waals surface area contributed by atoms with Crippen molar-refractivity contribution in [2.45, 2.75) is 16.5 Å². The Labute approximate surface area is 131 Å². The zero-order valence-corrected chi connectivity index (χ0v) is 13.6. The van der Waals surface area contributed by atoms with Crippen molar-refractivity contribution in [2.24, 2.45) is 0 Å². The summed E-state index contributed by atoms with van der Waals surface area (Å²) in [7, 11) is -3.42. The number of hydrogen-bond donors (Lipinski definition) is 1. The molecule has 21 heavy (non-hydrogen) atoms. The Morgan fingerprint density at radius 1 is 1.38 bits per heavy atom. The van der Waals surface area contributed by atoms with Gasteiger partial charge in [-0.05, 0) is 24.1 Å². The third-order valence-electron chi connectivity index (χ3n) is 2.52. The number of benzene rings is 1. The number of nitrogens with one attached hydrogen (secondary N) is 1. The SMILES string of the molecule is O=S(=O)(Cc1cccc(F)c1)NCCCSc1nccs1. The van der Waals surface area contributed by atoms with Gasteiger partial charge in [0.25, 0.3) is 0 Å². The van der Waals surface area contributed by atoms with E-state index in [1.165, 1.54) is 18.2 Å². The number of halogens is 1. The number of hydrogen-bond acceptors (Lipinski definition) is 5. The molecule has 0 saturated carbocycles. The summed E-state index contributed by atoms with van der Waals surface area (Å²) in [6.07, 6.45) is 2.46. The molecule has 0 spiro atoms. The summed E-state index contributed by atoms with van der Waals surface area (Å²) in [5.41, 5.74) is 0.444. The van der Waals surface area contributed by atoms with Crippen LogP contribution in [-0.4, -0.2) is 25.7 Å². The van der Waals surface area contributed by atoms with Crippen molar-refractivity contribution < 1.29 is 12.8 Å². The van der Waals surface area contributed by atoms with Gasteiger partial charge in [0.15, 0.2) is 0 Å². The first-order valence-electron chi connectivity index (χ1n) is 6.29. The Balaban J connectivity index is 1.71. The van der Waals surface area contributed by atoms with Gasteiger partial charge in [-0.3, -0.25) is 0 Å². The van der Waals surface area contributed by atoms with E-state index in [-0.39, 0.29) is 5.75 Å². The molecule has 1 N–H and O–H groups in total. The van der Waals surface area contributed by atoms with Crippen LogP contribution < -0.4 is 4.72 Å². The Bertz CT molecular complexity index is 660. The quantitative estimate of drug-likeness (QED) is 0.590. The molecule has 1 aromatic heterocycles. The molecule has 4 nitrogen and oxygen atoms in total. The second-order valence-corrected chi connectivity index (χ2v) is 8.33. The minimum absolute atomic E-state index is 0.204. The zero-order chi connectivity index (χ0) is 15.1. The molecule has 0 aliphatic heterocycles. The molecule has 0 bridgehead atoms. The lowest BCUT2D eigenvalue weighted by Gasteiger charge is -2.06. The first kappa shape index (κ1) is 16.4. The summed E-state index contributed by atoms with van der Waals surface area (Å²) >= 11 is 3.17. The highest BCUT2D eigenvalue weighted by molar-refractivity contribution is 8.01. The van der Waals surface area contributed by atoms with Crippen molar-refractivity contribution in [1.29, 1.82) is 0 Å². The smallest absolute Gasteiger partial charge is 0.215 e. The standard InChI is InChI=1S/C13H15FN2O2S3/c14-12-4-1-3-11(9-12)10-21(17,18)16-5-2-7-19-13-15-6-8-20-13/h1,3-4,6,8-9,16H,2,5,7,10H2. The van der Waals surface area contributed by atoms with E-state index in [1.54, 1.807) is 35.4 Å². The van der Waals surface area contributed by atoms with Gasteiger partial charge in [0.1, 0.15) is 10.2 Å². The summed E-state index contributed by atoms with van der Waals surface area (Å²) in [6.45, 7) is 0.371. The number of thiazole rings is 1. The third kappa shape index (κ3) is 6.13. The highest BCUT2D eigenvalue weighted by atomic mass is 32.2. The third-order valence-corrected chi connectivity index (χ3v) is 5.93. The molecule has 0 aliphatic rings. The molecule has 0 radical (unpaired) electrons. The van der Waals surface area contributed by atoms with Crippen molar-refractivity contribution in [3.63, 3.8) is 0 Å². The van der Waals surface area contributed by atoms with Crippen LogP contribution in [-0.2, 0) is 15.8 Å². The molecular weight excluding hydrogens is 331 g/mol. The number of thioether (sulfide) groups is 1. The maximum absolute atomic E-state index is 13.0. The zero-order valence-electron chi connectivity index (χ0n) is 11.2. The highest BCUT2D eigenvalue weighted by Gasteiger charge is 2.11. The molecule has 0 fully saturated rings. The fourth-order valence-electron chi connectivity index (χ4n) is 1.64. The molecule has 0 saturated heterocycles. The fourth-order valence-corrected chi connectivity index (χ4v) is 4.46. The van der Waals surface area contributed by atoms with Crippen molar-refractivity contribution in [3.05, 3.63) is 47.2 Å². The van der Waals surface area contributed by atoms with E-state index in [1.807, 2.05) is 5.38 Å². The molecule has 1 aromatic carbocycles. The molecule has 2 aromatic rings. The van der Waals surface area contributed by atoms with Crippen LogP contribution in [0.4, 0.5) is 4.39 Å². The summed E-state index contributed by atoms with van der Waals surface area (Å²) in [5.74, 6) is 0.169. The molecule has 0 unspecified atom stereocenters. The normalized spacial score (nSPS) is 11.7. The van der Waals surface area contributed by atoms with Crippen LogP contribution in [0, 0.1) is 5.82 Å². The van der Waals surface area contributed by atoms with Gasteiger partial charge in [-0.25, -0.2) is 22.5 Å². The van der Waals surface area contributed by atoms with Gasteiger partial charge in [0, 0.05) is 23.9 Å². The highest BCUT2D eigenvalue weighted by Crippen LogP contribution is 2.20. The van der Waals surface area contributed by atoms with E-state index in [4.69, 9.17) is 0 Å². The molecule has 114 valence electrons. The molecule has 0 amide bonds. The van der Waals surface area contributed by atoms with Crippen LogP contribution in [0.5, 0.6) is 0 Å². The number of nitrogens with zero attached hydrogens (tertiary/aromatic N) is 1. The molecule has 0 aliphatic carbocycles. The minimum atomic E-state index is -3.42. The summed E-state index contributed by atoms with van der Waals surface area (Å²) in [5, 5.41) is 1.91. The Morgan fingerprint density at radius 3 is 2.95 bits per heavy atom. The molecule has 0 atom stereocenters. The largest absolute Gasteiger partial charge is 0.238 e. The van der Waals surface area contributed by atoms with Crippen LogP contribution >= 0.6 is 23.1 Å². The average Bonchev–Trinajstić information content (AvgIpc) is 2.90.